The van der Waals surface area contributed by atoms with Gasteiger partial charge in [0.2, 0.25) is 0 Å². The summed E-state index contributed by atoms with van der Waals surface area (Å²) in [7, 11) is 1.91. The molecule has 0 spiro atoms. The number of nitro groups is 1. The largest absolute Gasteiger partial charge is 0.322 e. The van der Waals surface area contributed by atoms with Crippen LogP contribution in [0.25, 0.3) is 11.0 Å². The van der Waals surface area contributed by atoms with Gasteiger partial charge in [0, 0.05) is 19.2 Å². The molecule has 2 aromatic carbocycles. The van der Waals surface area contributed by atoms with Gasteiger partial charge in [-0.25, -0.2) is 10.4 Å². The molecule has 0 radical (unpaired) electrons. The van der Waals surface area contributed by atoms with E-state index >= 15 is 0 Å². The zero-order valence-electron chi connectivity index (χ0n) is 14.7. The van der Waals surface area contributed by atoms with Gasteiger partial charge >= 0.3 is 0 Å². The van der Waals surface area contributed by atoms with Crippen LogP contribution in [0.3, 0.4) is 0 Å². The highest BCUT2D eigenvalue weighted by Crippen LogP contribution is 2.22. The summed E-state index contributed by atoms with van der Waals surface area (Å²) in [6.07, 6.45) is 0. The number of hydrazone groups is 1. The maximum absolute atomic E-state index is 12.1. The molecule has 3 rings (SSSR count). The molecular formula is C18H17N5O3S. The number of nitro benzene ring substituents is 1. The lowest BCUT2D eigenvalue weighted by atomic mass is 10.1. The van der Waals surface area contributed by atoms with Crippen LogP contribution in [0.2, 0.25) is 0 Å². The van der Waals surface area contributed by atoms with Gasteiger partial charge in [0.25, 0.3) is 11.6 Å². The average Bonchev–Trinajstić information content (AvgIpc) is 3.00. The fourth-order valence-corrected chi connectivity index (χ4v) is 3.23. The summed E-state index contributed by atoms with van der Waals surface area (Å²) in [5.41, 5.74) is 5.66. The van der Waals surface area contributed by atoms with E-state index in [1.807, 2.05) is 35.9 Å². The quantitative estimate of drug-likeness (QED) is 0.305. The number of nitrogens with zero attached hydrogens (tertiary/aromatic N) is 4. The first-order chi connectivity index (χ1) is 13.0. The van der Waals surface area contributed by atoms with Crippen molar-refractivity contribution in [1.82, 2.24) is 15.0 Å². The predicted octanol–water partition coefficient (Wildman–Crippen LogP) is 3.11. The van der Waals surface area contributed by atoms with Crippen LogP contribution in [0.15, 0.2) is 58.8 Å². The van der Waals surface area contributed by atoms with Crippen molar-refractivity contribution >= 4 is 40.1 Å². The Morgan fingerprint density at radius 1 is 1.26 bits per heavy atom. The van der Waals surface area contributed by atoms with E-state index in [1.54, 1.807) is 19.1 Å². The van der Waals surface area contributed by atoms with Crippen LogP contribution in [-0.2, 0) is 11.8 Å². The number of fused-ring (bicyclic) bond motifs is 1. The van der Waals surface area contributed by atoms with Crippen LogP contribution < -0.4 is 5.43 Å². The molecule has 1 amide bonds. The Labute approximate surface area is 159 Å². The molecule has 8 nitrogen and oxygen atoms in total. The molecule has 0 bridgehead atoms. The summed E-state index contributed by atoms with van der Waals surface area (Å²) < 4.78 is 1.94. The van der Waals surface area contributed by atoms with Gasteiger partial charge in [0.15, 0.2) is 5.16 Å². The fourth-order valence-electron chi connectivity index (χ4n) is 2.45. The minimum atomic E-state index is -0.462. The number of thioether (sulfide) groups is 1. The van der Waals surface area contributed by atoms with Crippen molar-refractivity contribution in [1.29, 1.82) is 0 Å². The van der Waals surface area contributed by atoms with Gasteiger partial charge in [-0.3, -0.25) is 14.9 Å². The normalized spacial score (nSPS) is 11.6. The van der Waals surface area contributed by atoms with Crippen molar-refractivity contribution in [2.75, 3.05) is 5.75 Å². The van der Waals surface area contributed by atoms with E-state index in [9.17, 15) is 14.9 Å². The summed E-state index contributed by atoms with van der Waals surface area (Å²) >= 11 is 1.33. The monoisotopic (exact) mass is 383 g/mol. The molecule has 0 fully saturated rings. The zero-order chi connectivity index (χ0) is 19.4. The second-order valence-electron chi connectivity index (χ2n) is 5.77. The molecule has 1 aromatic heterocycles. The zero-order valence-corrected chi connectivity index (χ0v) is 15.6. The van der Waals surface area contributed by atoms with Gasteiger partial charge in [-0.2, -0.15) is 5.10 Å². The minimum Gasteiger partial charge on any atom is -0.322 e. The van der Waals surface area contributed by atoms with Crippen molar-refractivity contribution in [3.63, 3.8) is 0 Å². The van der Waals surface area contributed by atoms with Gasteiger partial charge in [0.1, 0.15) is 0 Å². The van der Waals surface area contributed by atoms with Crippen molar-refractivity contribution in [3.8, 4) is 0 Å². The number of hydrogen-bond donors (Lipinski definition) is 1. The Morgan fingerprint density at radius 3 is 2.63 bits per heavy atom. The van der Waals surface area contributed by atoms with E-state index in [0.717, 1.165) is 16.2 Å². The summed E-state index contributed by atoms with van der Waals surface area (Å²) in [6, 6.07) is 13.8. The Balaban J connectivity index is 1.59. The lowest BCUT2D eigenvalue weighted by Gasteiger charge is -2.04. The molecular weight excluding hydrogens is 366 g/mol. The Kier molecular flexibility index (Phi) is 5.51. The van der Waals surface area contributed by atoms with Crippen LogP contribution in [0.5, 0.6) is 0 Å². The third-order valence-electron chi connectivity index (χ3n) is 3.92. The number of non-ortho nitro benzene ring substituents is 1. The summed E-state index contributed by atoms with van der Waals surface area (Å²) in [5.74, 6) is -0.0814. The molecule has 1 N–H and O–H groups in total. The lowest BCUT2D eigenvalue weighted by molar-refractivity contribution is -0.384. The molecule has 0 saturated carbocycles. The number of carbonyl (C=O) groups excluding carboxylic acids is 1. The topological polar surface area (TPSA) is 102 Å². The number of benzene rings is 2. The van der Waals surface area contributed by atoms with Crippen LogP contribution in [-0.4, -0.2) is 31.8 Å². The number of para-hydroxylation sites is 2. The first-order valence-corrected chi connectivity index (χ1v) is 9.06. The molecule has 0 aliphatic carbocycles. The third kappa shape index (κ3) is 4.32. The Hall–Kier alpha value is -3.20. The number of aromatic nitrogens is 2. The highest BCUT2D eigenvalue weighted by Gasteiger charge is 2.10. The number of aryl methyl sites for hydroxylation is 1. The van der Waals surface area contributed by atoms with Gasteiger partial charge in [-0.15, -0.1) is 0 Å². The van der Waals surface area contributed by atoms with E-state index in [0.29, 0.717) is 11.3 Å². The fraction of sp³-hybridized carbons (Fsp3) is 0.167. The Bertz CT molecular complexity index is 1030. The molecule has 0 atom stereocenters. The van der Waals surface area contributed by atoms with Gasteiger partial charge in [-0.05, 0) is 36.8 Å². The summed E-state index contributed by atoms with van der Waals surface area (Å²) in [6.45, 7) is 1.72. The lowest BCUT2D eigenvalue weighted by Crippen LogP contribution is -2.21. The maximum Gasteiger partial charge on any atom is 0.269 e. The number of carbonyl (C=O) groups is 1. The van der Waals surface area contributed by atoms with Crippen molar-refractivity contribution in [2.45, 2.75) is 12.1 Å². The number of amides is 1. The number of rotatable bonds is 6. The van der Waals surface area contributed by atoms with E-state index in [2.05, 4.69) is 15.5 Å². The van der Waals surface area contributed by atoms with Gasteiger partial charge < -0.3 is 4.57 Å². The van der Waals surface area contributed by atoms with Crippen molar-refractivity contribution < 1.29 is 9.72 Å². The predicted molar refractivity (Wildman–Crippen MR) is 105 cm³/mol. The molecule has 27 heavy (non-hydrogen) atoms. The summed E-state index contributed by atoms with van der Waals surface area (Å²) in [4.78, 5) is 26.8. The molecule has 138 valence electrons. The van der Waals surface area contributed by atoms with E-state index in [4.69, 9.17) is 0 Å². The van der Waals surface area contributed by atoms with E-state index in [1.165, 1.54) is 23.9 Å². The molecule has 3 aromatic rings. The number of imidazole rings is 1. The average molecular weight is 383 g/mol. The highest BCUT2D eigenvalue weighted by atomic mass is 32.2. The number of nitrogens with one attached hydrogen (secondary N) is 1. The van der Waals surface area contributed by atoms with Crippen LogP contribution in [0.4, 0.5) is 5.69 Å². The molecule has 0 aliphatic rings. The van der Waals surface area contributed by atoms with Gasteiger partial charge in [-0.1, -0.05) is 23.9 Å². The van der Waals surface area contributed by atoms with Crippen molar-refractivity contribution in [2.24, 2.45) is 12.1 Å². The maximum atomic E-state index is 12.1. The van der Waals surface area contributed by atoms with E-state index < -0.39 is 4.92 Å². The minimum absolute atomic E-state index is 0.00874. The second kappa shape index (κ2) is 8.00. The standard InChI is InChI=1S/C18H17N5O3S/c1-12(13-7-9-14(10-8-13)23(25)26)20-21-17(24)11-27-18-19-15-5-3-4-6-16(15)22(18)2/h3-10H,11H2,1-2H3,(H,21,24). The molecule has 9 heteroatoms. The molecule has 0 aliphatic heterocycles. The van der Waals surface area contributed by atoms with Gasteiger partial charge in [0.05, 0.1) is 27.4 Å². The van der Waals surface area contributed by atoms with E-state index in [-0.39, 0.29) is 17.3 Å². The summed E-state index contributed by atoms with van der Waals surface area (Å²) in [5, 5.41) is 15.5. The Morgan fingerprint density at radius 2 is 1.96 bits per heavy atom. The smallest absolute Gasteiger partial charge is 0.269 e. The van der Waals surface area contributed by atoms with Crippen LogP contribution in [0, 0.1) is 10.1 Å². The number of hydrogen-bond acceptors (Lipinski definition) is 6. The third-order valence-corrected chi connectivity index (χ3v) is 4.95. The highest BCUT2D eigenvalue weighted by molar-refractivity contribution is 7.99. The molecule has 1 heterocycles. The van der Waals surface area contributed by atoms with Crippen LogP contribution in [0.1, 0.15) is 12.5 Å². The second-order valence-corrected chi connectivity index (χ2v) is 6.71. The van der Waals surface area contributed by atoms with Crippen LogP contribution >= 0.6 is 11.8 Å². The molecule has 0 unspecified atom stereocenters. The SMILES string of the molecule is CC(=NNC(=O)CSc1nc2ccccc2n1C)c1ccc([N+](=O)[O-])cc1. The van der Waals surface area contributed by atoms with Crippen molar-refractivity contribution in [3.05, 3.63) is 64.2 Å². The first kappa shape index (κ1) is 18.6. The first-order valence-electron chi connectivity index (χ1n) is 8.08. The molecule has 0 saturated heterocycles.